The quantitative estimate of drug-likeness (QED) is 0.556. The molecule has 1 amide bonds. The van der Waals surface area contributed by atoms with Crippen molar-refractivity contribution in [2.45, 2.75) is 56.1 Å². The summed E-state index contributed by atoms with van der Waals surface area (Å²) in [5, 5.41) is 11.0. The van der Waals surface area contributed by atoms with Gasteiger partial charge in [-0.3, -0.25) is 13.9 Å². The monoisotopic (exact) mass is 436 g/mol. The molecule has 2 aliphatic rings. The summed E-state index contributed by atoms with van der Waals surface area (Å²) in [5.41, 5.74) is -1.23. The Kier molecular flexibility index (Phi) is 4.97. The molecule has 1 heterocycles. The molecule has 162 valence electrons. The van der Waals surface area contributed by atoms with Gasteiger partial charge in [0.2, 0.25) is 10.0 Å². The molecule has 0 saturated heterocycles. The lowest BCUT2D eigenvalue weighted by Crippen LogP contribution is -2.43. The average molecular weight is 436 g/mol. The highest BCUT2D eigenvalue weighted by atomic mass is 32.2. The second kappa shape index (κ2) is 7.24. The zero-order valence-electron chi connectivity index (χ0n) is 16.6. The summed E-state index contributed by atoms with van der Waals surface area (Å²) in [6.45, 7) is 2.00. The Hall–Kier alpha value is -2.66. The third kappa shape index (κ3) is 4.12. The first-order chi connectivity index (χ1) is 14.1. The number of hydrogen-bond donors (Lipinski definition) is 3. The zero-order chi connectivity index (χ0) is 21.7. The fourth-order valence-corrected chi connectivity index (χ4v) is 4.94. The van der Waals surface area contributed by atoms with Crippen LogP contribution in [0.15, 0.2) is 32.7 Å². The highest BCUT2D eigenvalue weighted by Gasteiger charge is 2.41. The number of amides is 1. The Bertz CT molecular complexity index is 1240. The predicted octanol–water partition coefficient (Wildman–Crippen LogP) is 0.672. The number of fused-ring (bicyclic) bond motifs is 1. The molecule has 0 radical (unpaired) electrons. The summed E-state index contributed by atoms with van der Waals surface area (Å²) in [7, 11) is -3.81. The number of aromatic nitrogens is 2. The Morgan fingerprint density at radius 1 is 1.23 bits per heavy atom. The molecule has 0 bridgehead atoms. The van der Waals surface area contributed by atoms with Gasteiger partial charge in [0, 0.05) is 25.2 Å². The normalized spacial score (nSPS) is 17.8. The number of carboxylic acid groups (broad SMARTS) is 1. The van der Waals surface area contributed by atoms with Crippen molar-refractivity contribution in [3.63, 3.8) is 0 Å². The van der Waals surface area contributed by atoms with Gasteiger partial charge in [0.15, 0.2) is 0 Å². The molecule has 2 aromatic rings. The van der Waals surface area contributed by atoms with Gasteiger partial charge in [-0.15, -0.1) is 0 Å². The van der Waals surface area contributed by atoms with Gasteiger partial charge in [0.05, 0.1) is 15.8 Å². The second-order valence-electron chi connectivity index (χ2n) is 8.37. The SMILES string of the molecule is CC1(NS(=O)(=O)c2ccc3c(c2)c(=O)n(CCNC(=O)O)c(=O)n3CC2CC2)CC1. The van der Waals surface area contributed by atoms with E-state index in [-0.39, 0.29) is 23.4 Å². The van der Waals surface area contributed by atoms with E-state index in [9.17, 15) is 22.8 Å². The van der Waals surface area contributed by atoms with Crippen molar-refractivity contribution in [2.75, 3.05) is 6.54 Å². The van der Waals surface area contributed by atoms with Crippen LogP contribution in [0.3, 0.4) is 0 Å². The summed E-state index contributed by atoms with van der Waals surface area (Å²) in [4.78, 5) is 36.6. The first-order valence-corrected chi connectivity index (χ1v) is 11.4. The molecule has 30 heavy (non-hydrogen) atoms. The Morgan fingerprint density at radius 2 is 1.93 bits per heavy atom. The van der Waals surface area contributed by atoms with Crippen LogP contribution in [0.1, 0.15) is 32.6 Å². The number of benzene rings is 1. The van der Waals surface area contributed by atoms with E-state index >= 15 is 0 Å². The lowest BCUT2D eigenvalue weighted by Gasteiger charge is -2.16. The van der Waals surface area contributed by atoms with Crippen LogP contribution in [0.25, 0.3) is 10.9 Å². The Balaban J connectivity index is 1.81. The van der Waals surface area contributed by atoms with Gasteiger partial charge in [-0.1, -0.05) is 0 Å². The highest BCUT2D eigenvalue weighted by molar-refractivity contribution is 7.89. The first-order valence-electron chi connectivity index (χ1n) is 9.88. The van der Waals surface area contributed by atoms with E-state index in [1.54, 1.807) is 0 Å². The highest BCUT2D eigenvalue weighted by Crippen LogP contribution is 2.36. The summed E-state index contributed by atoms with van der Waals surface area (Å²) in [6.07, 6.45) is 2.23. The topological polar surface area (TPSA) is 140 Å². The van der Waals surface area contributed by atoms with Crippen molar-refractivity contribution in [3.8, 4) is 0 Å². The molecule has 10 nitrogen and oxygen atoms in total. The standard InChI is InChI=1S/C19H24N4O6S/c1-19(6-7-19)21-30(28,29)13-4-5-15-14(10-13)16(24)22(9-8-20-17(25)26)18(27)23(15)11-12-2-3-12/h4-5,10,12,20-21H,2-3,6-9,11H2,1H3,(H,25,26). The minimum Gasteiger partial charge on any atom is -0.465 e. The van der Waals surface area contributed by atoms with Crippen LogP contribution < -0.4 is 21.3 Å². The van der Waals surface area contributed by atoms with Crippen LogP contribution in [-0.4, -0.2) is 40.8 Å². The summed E-state index contributed by atoms with van der Waals surface area (Å²) in [5.74, 6) is 0.342. The van der Waals surface area contributed by atoms with Crippen molar-refractivity contribution in [3.05, 3.63) is 39.0 Å². The maximum Gasteiger partial charge on any atom is 0.404 e. The van der Waals surface area contributed by atoms with Gasteiger partial charge in [0.25, 0.3) is 5.56 Å². The van der Waals surface area contributed by atoms with E-state index in [2.05, 4.69) is 10.0 Å². The summed E-state index contributed by atoms with van der Waals surface area (Å²) >= 11 is 0. The summed E-state index contributed by atoms with van der Waals surface area (Å²) in [6, 6.07) is 4.22. The molecule has 0 spiro atoms. The third-order valence-corrected chi connectivity index (χ3v) is 7.27. The lowest BCUT2D eigenvalue weighted by atomic mass is 10.2. The maximum atomic E-state index is 13.0. The van der Waals surface area contributed by atoms with E-state index in [0.717, 1.165) is 30.3 Å². The zero-order valence-corrected chi connectivity index (χ0v) is 17.4. The van der Waals surface area contributed by atoms with Crippen molar-refractivity contribution in [2.24, 2.45) is 5.92 Å². The van der Waals surface area contributed by atoms with Gasteiger partial charge in [-0.05, 0) is 56.7 Å². The molecule has 1 aromatic carbocycles. The first kappa shape index (κ1) is 20.6. The number of rotatable bonds is 8. The van der Waals surface area contributed by atoms with Gasteiger partial charge in [-0.2, -0.15) is 0 Å². The Morgan fingerprint density at radius 3 is 2.53 bits per heavy atom. The molecule has 2 aliphatic carbocycles. The molecular formula is C19H24N4O6S. The van der Waals surface area contributed by atoms with E-state index in [1.807, 2.05) is 6.92 Å². The van der Waals surface area contributed by atoms with Crippen LogP contribution in [0.5, 0.6) is 0 Å². The van der Waals surface area contributed by atoms with Crippen LogP contribution in [-0.2, 0) is 23.1 Å². The molecule has 0 unspecified atom stereocenters. The average Bonchev–Trinajstić information content (AvgIpc) is 3.59. The van der Waals surface area contributed by atoms with Crippen LogP contribution >= 0.6 is 0 Å². The molecule has 0 atom stereocenters. The lowest BCUT2D eigenvalue weighted by molar-refractivity contribution is 0.194. The molecule has 0 aliphatic heterocycles. The Labute approximate surface area is 172 Å². The number of nitrogens with zero attached hydrogens (tertiary/aromatic N) is 2. The van der Waals surface area contributed by atoms with Crippen molar-refractivity contribution in [1.29, 1.82) is 0 Å². The summed E-state index contributed by atoms with van der Waals surface area (Å²) < 4.78 is 30.6. The van der Waals surface area contributed by atoms with E-state index in [4.69, 9.17) is 5.11 Å². The number of hydrogen-bond acceptors (Lipinski definition) is 5. The molecule has 2 fully saturated rings. The predicted molar refractivity (Wildman–Crippen MR) is 109 cm³/mol. The second-order valence-corrected chi connectivity index (χ2v) is 10.1. The minimum atomic E-state index is -3.81. The smallest absolute Gasteiger partial charge is 0.404 e. The molecule has 3 N–H and O–H groups in total. The molecule has 1 aromatic heterocycles. The number of sulfonamides is 1. The minimum absolute atomic E-state index is 0.0351. The van der Waals surface area contributed by atoms with Gasteiger partial charge in [-0.25, -0.2) is 22.7 Å². The fourth-order valence-electron chi connectivity index (χ4n) is 3.45. The van der Waals surface area contributed by atoms with Crippen LogP contribution in [0.4, 0.5) is 4.79 Å². The van der Waals surface area contributed by atoms with Crippen LogP contribution in [0, 0.1) is 5.92 Å². The van der Waals surface area contributed by atoms with E-state index in [1.165, 1.54) is 22.8 Å². The largest absolute Gasteiger partial charge is 0.465 e. The maximum absolute atomic E-state index is 13.0. The molecule has 11 heteroatoms. The van der Waals surface area contributed by atoms with Crippen LogP contribution in [0.2, 0.25) is 0 Å². The van der Waals surface area contributed by atoms with Gasteiger partial charge < -0.3 is 10.4 Å². The van der Waals surface area contributed by atoms with E-state index < -0.39 is 32.9 Å². The van der Waals surface area contributed by atoms with Crippen molar-refractivity contribution >= 4 is 27.0 Å². The van der Waals surface area contributed by atoms with E-state index in [0.29, 0.717) is 18.0 Å². The molecule has 2 saturated carbocycles. The number of carbonyl (C=O) groups is 1. The van der Waals surface area contributed by atoms with Crippen molar-refractivity contribution < 1.29 is 18.3 Å². The fraction of sp³-hybridized carbons (Fsp3) is 0.526. The molecular weight excluding hydrogens is 412 g/mol. The van der Waals surface area contributed by atoms with Gasteiger partial charge >= 0.3 is 11.8 Å². The number of nitrogens with one attached hydrogen (secondary N) is 2. The van der Waals surface area contributed by atoms with Gasteiger partial charge in [0.1, 0.15) is 0 Å². The van der Waals surface area contributed by atoms with Crippen molar-refractivity contribution in [1.82, 2.24) is 19.2 Å². The molecule has 4 rings (SSSR count). The third-order valence-electron chi connectivity index (χ3n) is 5.64.